The molecule has 1 N–H and O–H groups in total. The Bertz CT molecular complexity index is 302. The van der Waals surface area contributed by atoms with Gasteiger partial charge in [-0.2, -0.15) is 0 Å². The lowest BCUT2D eigenvalue weighted by Gasteiger charge is -2.22. The van der Waals surface area contributed by atoms with Crippen LogP contribution in [0, 0.1) is 6.92 Å². The maximum absolute atomic E-state index is 10.0. The van der Waals surface area contributed by atoms with E-state index >= 15 is 0 Å². The van der Waals surface area contributed by atoms with Crippen LogP contribution in [0.1, 0.15) is 25.0 Å². The summed E-state index contributed by atoms with van der Waals surface area (Å²) in [5.41, 5.74) is 2.31. The third-order valence-corrected chi connectivity index (χ3v) is 2.54. The molecule has 3 heteroatoms. The van der Waals surface area contributed by atoms with E-state index in [4.69, 9.17) is 9.47 Å². The number of aryl methyl sites for hydroxylation is 1. The van der Waals surface area contributed by atoms with Crippen LogP contribution in [0.5, 0.6) is 0 Å². The van der Waals surface area contributed by atoms with E-state index in [-0.39, 0.29) is 0 Å². The van der Waals surface area contributed by atoms with Crippen molar-refractivity contribution in [1.82, 2.24) is 0 Å². The van der Waals surface area contributed by atoms with E-state index in [9.17, 15) is 5.11 Å². The van der Waals surface area contributed by atoms with E-state index < -0.39 is 12.4 Å². The smallest absolute Gasteiger partial charge is 0.183 e. The maximum Gasteiger partial charge on any atom is 0.183 e. The molecule has 0 aliphatic rings. The maximum atomic E-state index is 10.0. The number of rotatable bonds is 7. The molecule has 0 aliphatic heterocycles. The van der Waals surface area contributed by atoms with Crippen LogP contribution in [0.25, 0.3) is 0 Å². The average Bonchev–Trinajstić information content (AvgIpc) is 2.32. The van der Waals surface area contributed by atoms with Crippen LogP contribution in [-0.2, 0) is 15.9 Å². The molecule has 0 radical (unpaired) electrons. The molecule has 0 spiro atoms. The van der Waals surface area contributed by atoms with Gasteiger partial charge in [-0.3, -0.25) is 0 Å². The second-order valence-electron chi connectivity index (χ2n) is 4.04. The fraction of sp³-hybridized carbons (Fsp3) is 0.571. The van der Waals surface area contributed by atoms with Crippen molar-refractivity contribution in [1.29, 1.82) is 0 Å². The van der Waals surface area contributed by atoms with Gasteiger partial charge in [0.15, 0.2) is 6.29 Å². The van der Waals surface area contributed by atoms with E-state index in [0.29, 0.717) is 19.6 Å². The summed E-state index contributed by atoms with van der Waals surface area (Å²) in [4.78, 5) is 0. The molecule has 0 fully saturated rings. The van der Waals surface area contributed by atoms with Gasteiger partial charge in [-0.15, -0.1) is 0 Å². The summed E-state index contributed by atoms with van der Waals surface area (Å²) >= 11 is 0. The first-order chi connectivity index (χ1) is 8.17. The molecule has 0 bridgehead atoms. The van der Waals surface area contributed by atoms with E-state index in [1.807, 2.05) is 45.0 Å². The summed E-state index contributed by atoms with van der Waals surface area (Å²) in [6.45, 7) is 6.91. The zero-order chi connectivity index (χ0) is 12.7. The molecule has 1 rings (SSSR count). The molecule has 0 aromatic heterocycles. The second-order valence-corrected chi connectivity index (χ2v) is 4.04. The standard InChI is InChI=1S/C14H22O3/c1-4-16-14(17-5-2)13(15)10-12-8-6-11(3)7-9-12/h6-9,13-15H,4-5,10H2,1-3H3. The van der Waals surface area contributed by atoms with Crippen LogP contribution in [-0.4, -0.2) is 30.7 Å². The molecule has 1 aromatic carbocycles. The first kappa shape index (κ1) is 14.2. The van der Waals surface area contributed by atoms with Crippen molar-refractivity contribution in [3.8, 4) is 0 Å². The number of hydrogen-bond donors (Lipinski definition) is 1. The van der Waals surface area contributed by atoms with Crippen molar-refractivity contribution in [3.05, 3.63) is 35.4 Å². The highest BCUT2D eigenvalue weighted by molar-refractivity contribution is 5.21. The van der Waals surface area contributed by atoms with Crippen molar-refractivity contribution in [3.63, 3.8) is 0 Å². The Labute approximate surface area is 103 Å². The van der Waals surface area contributed by atoms with Gasteiger partial charge >= 0.3 is 0 Å². The molecule has 17 heavy (non-hydrogen) atoms. The average molecular weight is 238 g/mol. The van der Waals surface area contributed by atoms with Crippen LogP contribution in [0.4, 0.5) is 0 Å². The van der Waals surface area contributed by atoms with Gasteiger partial charge in [-0.05, 0) is 26.3 Å². The van der Waals surface area contributed by atoms with Crippen molar-refractivity contribution in [2.75, 3.05) is 13.2 Å². The zero-order valence-electron chi connectivity index (χ0n) is 10.8. The van der Waals surface area contributed by atoms with E-state index in [1.54, 1.807) is 0 Å². The Balaban J connectivity index is 2.55. The van der Waals surface area contributed by atoms with Gasteiger partial charge in [0.2, 0.25) is 0 Å². The first-order valence-electron chi connectivity index (χ1n) is 6.14. The van der Waals surface area contributed by atoms with Crippen LogP contribution in [0.15, 0.2) is 24.3 Å². The molecule has 0 aliphatic carbocycles. The molecule has 0 heterocycles. The molecular formula is C14H22O3. The predicted molar refractivity (Wildman–Crippen MR) is 67.9 cm³/mol. The third kappa shape index (κ3) is 4.86. The highest BCUT2D eigenvalue weighted by atomic mass is 16.7. The number of ether oxygens (including phenoxy) is 2. The van der Waals surface area contributed by atoms with Crippen LogP contribution < -0.4 is 0 Å². The summed E-state index contributed by atoms with van der Waals surface area (Å²) in [5.74, 6) is 0. The fourth-order valence-corrected chi connectivity index (χ4v) is 1.66. The van der Waals surface area contributed by atoms with E-state index in [2.05, 4.69) is 0 Å². The molecule has 0 saturated heterocycles. The lowest BCUT2D eigenvalue weighted by atomic mass is 10.1. The SMILES string of the molecule is CCOC(OCC)C(O)Cc1ccc(C)cc1. The van der Waals surface area contributed by atoms with Crippen LogP contribution in [0.2, 0.25) is 0 Å². The molecule has 3 nitrogen and oxygen atoms in total. The lowest BCUT2D eigenvalue weighted by Crippen LogP contribution is -2.33. The monoisotopic (exact) mass is 238 g/mol. The summed E-state index contributed by atoms with van der Waals surface area (Å²) < 4.78 is 10.7. The first-order valence-corrected chi connectivity index (χ1v) is 6.14. The van der Waals surface area contributed by atoms with Crippen molar-refractivity contribution in [2.45, 2.75) is 39.6 Å². The highest BCUT2D eigenvalue weighted by Crippen LogP contribution is 2.11. The molecular weight excluding hydrogens is 216 g/mol. The minimum absolute atomic E-state index is 0.536. The molecule has 96 valence electrons. The third-order valence-electron chi connectivity index (χ3n) is 2.54. The van der Waals surface area contributed by atoms with Gasteiger partial charge in [0.25, 0.3) is 0 Å². The lowest BCUT2D eigenvalue weighted by molar-refractivity contribution is -0.188. The summed E-state index contributed by atoms with van der Waals surface area (Å²) in [6.07, 6.45) is -0.616. The number of aliphatic hydroxyl groups is 1. The van der Waals surface area contributed by atoms with Gasteiger partial charge in [-0.1, -0.05) is 29.8 Å². The largest absolute Gasteiger partial charge is 0.387 e. The Morgan fingerprint density at radius 2 is 1.59 bits per heavy atom. The highest BCUT2D eigenvalue weighted by Gasteiger charge is 2.19. The molecule has 1 unspecified atom stereocenters. The number of aliphatic hydroxyl groups excluding tert-OH is 1. The minimum Gasteiger partial charge on any atom is -0.387 e. The Morgan fingerprint density at radius 3 is 2.06 bits per heavy atom. The van der Waals surface area contributed by atoms with Crippen molar-refractivity contribution in [2.24, 2.45) is 0 Å². The molecule has 1 aromatic rings. The summed E-state index contributed by atoms with van der Waals surface area (Å²) in [5, 5.41) is 10.0. The predicted octanol–water partition coefficient (Wildman–Crippen LogP) is 2.30. The molecule has 1 atom stereocenters. The van der Waals surface area contributed by atoms with Crippen LogP contribution in [0.3, 0.4) is 0 Å². The Morgan fingerprint density at radius 1 is 1.06 bits per heavy atom. The topological polar surface area (TPSA) is 38.7 Å². The Kier molecular flexibility index (Phi) is 6.19. The second kappa shape index (κ2) is 7.43. The fourth-order valence-electron chi connectivity index (χ4n) is 1.66. The van der Waals surface area contributed by atoms with Crippen molar-refractivity contribution < 1.29 is 14.6 Å². The normalized spacial score (nSPS) is 13.0. The minimum atomic E-state index is -0.627. The van der Waals surface area contributed by atoms with Crippen molar-refractivity contribution >= 4 is 0 Å². The zero-order valence-corrected chi connectivity index (χ0v) is 10.8. The Hall–Kier alpha value is -0.900. The quantitative estimate of drug-likeness (QED) is 0.741. The van der Waals surface area contributed by atoms with Gasteiger partial charge < -0.3 is 14.6 Å². The van der Waals surface area contributed by atoms with Crippen LogP contribution >= 0.6 is 0 Å². The molecule has 0 amide bonds. The van der Waals surface area contributed by atoms with Gasteiger partial charge in [-0.25, -0.2) is 0 Å². The summed E-state index contributed by atoms with van der Waals surface area (Å²) in [6, 6.07) is 8.12. The van der Waals surface area contributed by atoms with Gasteiger partial charge in [0.1, 0.15) is 6.10 Å². The number of benzene rings is 1. The van der Waals surface area contributed by atoms with Gasteiger partial charge in [0.05, 0.1) is 0 Å². The molecule has 0 saturated carbocycles. The number of hydrogen-bond acceptors (Lipinski definition) is 3. The van der Waals surface area contributed by atoms with E-state index in [1.165, 1.54) is 5.56 Å². The summed E-state index contributed by atoms with van der Waals surface area (Å²) in [7, 11) is 0. The van der Waals surface area contributed by atoms with Gasteiger partial charge in [0, 0.05) is 19.6 Å². The van der Waals surface area contributed by atoms with E-state index in [0.717, 1.165) is 5.56 Å².